The van der Waals surface area contributed by atoms with E-state index in [1.807, 2.05) is 12.4 Å². The summed E-state index contributed by atoms with van der Waals surface area (Å²) in [6.07, 6.45) is 9.33. The SMILES string of the molecule is C=Cn1cc(C2(CN)CCC2)cn1. The maximum Gasteiger partial charge on any atom is 0.0532 e. The van der Waals surface area contributed by atoms with Gasteiger partial charge in [0, 0.05) is 24.4 Å². The van der Waals surface area contributed by atoms with Crippen molar-refractivity contribution >= 4 is 6.20 Å². The Morgan fingerprint density at radius 2 is 2.46 bits per heavy atom. The number of hydrogen-bond acceptors (Lipinski definition) is 2. The quantitative estimate of drug-likeness (QED) is 0.757. The Morgan fingerprint density at radius 3 is 2.85 bits per heavy atom. The Labute approximate surface area is 78.2 Å². The van der Waals surface area contributed by atoms with Crippen molar-refractivity contribution in [2.45, 2.75) is 24.7 Å². The molecule has 0 aliphatic heterocycles. The molecule has 0 spiro atoms. The smallest absolute Gasteiger partial charge is 0.0532 e. The van der Waals surface area contributed by atoms with Crippen LogP contribution in [-0.2, 0) is 5.41 Å². The zero-order valence-electron chi connectivity index (χ0n) is 7.74. The fourth-order valence-corrected chi connectivity index (χ4v) is 1.93. The molecule has 1 aliphatic carbocycles. The lowest BCUT2D eigenvalue weighted by molar-refractivity contribution is 0.253. The molecule has 1 heterocycles. The van der Waals surface area contributed by atoms with Crippen molar-refractivity contribution in [3.05, 3.63) is 24.5 Å². The third-order valence-corrected chi connectivity index (χ3v) is 3.10. The van der Waals surface area contributed by atoms with Gasteiger partial charge in [0.1, 0.15) is 0 Å². The van der Waals surface area contributed by atoms with Gasteiger partial charge in [-0.05, 0) is 18.4 Å². The predicted molar refractivity (Wildman–Crippen MR) is 53.2 cm³/mol. The van der Waals surface area contributed by atoms with Crippen LogP contribution in [0.1, 0.15) is 24.8 Å². The Hall–Kier alpha value is -1.09. The van der Waals surface area contributed by atoms with Crippen molar-refractivity contribution in [1.29, 1.82) is 0 Å². The molecular formula is C10H15N3. The summed E-state index contributed by atoms with van der Waals surface area (Å²) in [4.78, 5) is 0. The van der Waals surface area contributed by atoms with Gasteiger partial charge < -0.3 is 5.73 Å². The van der Waals surface area contributed by atoms with E-state index in [1.54, 1.807) is 10.9 Å². The first-order valence-electron chi connectivity index (χ1n) is 4.68. The second-order valence-corrected chi connectivity index (χ2v) is 3.73. The van der Waals surface area contributed by atoms with Crippen molar-refractivity contribution in [2.75, 3.05) is 6.54 Å². The molecule has 1 aliphatic rings. The summed E-state index contributed by atoms with van der Waals surface area (Å²) >= 11 is 0. The molecule has 13 heavy (non-hydrogen) atoms. The number of aromatic nitrogens is 2. The van der Waals surface area contributed by atoms with E-state index in [-0.39, 0.29) is 5.41 Å². The first kappa shape index (κ1) is 8.51. The molecule has 0 radical (unpaired) electrons. The van der Waals surface area contributed by atoms with Crippen LogP contribution < -0.4 is 5.73 Å². The second-order valence-electron chi connectivity index (χ2n) is 3.73. The van der Waals surface area contributed by atoms with Crippen LogP contribution in [0.4, 0.5) is 0 Å². The molecule has 1 aromatic heterocycles. The lowest BCUT2D eigenvalue weighted by Gasteiger charge is -2.40. The van der Waals surface area contributed by atoms with Crippen molar-refractivity contribution < 1.29 is 0 Å². The molecule has 1 saturated carbocycles. The fraction of sp³-hybridized carbons (Fsp3) is 0.500. The van der Waals surface area contributed by atoms with Gasteiger partial charge in [0.15, 0.2) is 0 Å². The number of hydrogen-bond donors (Lipinski definition) is 1. The minimum atomic E-state index is 0.223. The maximum atomic E-state index is 5.79. The van der Waals surface area contributed by atoms with Crippen LogP contribution in [0.25, 0.3) is 6.20 Å². The summed E-state index contributed by atoms with van der Waals surface area (Å²) < 4.78 is 1.74. The molecule has 2 N–H and O–H groups in total. The van der Waals surface area contributed by atoms with Crippen LogP contribution in [0.15, 0.2) is 19.0 Å². The van der Waals surface area contributed by atoms with Crippen LogP contribution in [-0.4, -0.2) is 16.3 Å². The Kier molecular flexibility index (Phi) is 1.96. The molecule has 0 unspecified atom stereocenters. The predicted octanol–water partition coefficient (Wildman–Crippen LogP) is 1.36. The third kappa shape index (κ3) is 1.20. The average molecular weight is 177 g/mol. The monoisotopic (exact) mass is 177 g/mol. The van der Waals surface area contributed by atoms with E-state index in [0.717, 1.165) is 6.54 Å². The highest BCUT2D eigenvalue weighted by molar-refractivity contribution is 5.27. The van der Waals surface area contributed by atoms with Gasteiger partial charge in [-0.1, -0.05) is 13.0 Å². The van der Waals surface area contributed by atoms with Gasteiger partial charge >= 0.3 is 0 Å². The largest absolute Gasteiger partial charge is 0.330 e. The molecule has 3 nitrogen and oxygen atoms in total. The van der Waals surface area contributed by atoms with Crippen LogP contribution in [0.3, 0.4) is 0 Å². The zero-order chi connectivity index (χ0) is 9.31. The van der Waals surface area contributed by atoms with Gasteiger partial charge in [0.2, 0.25) is 0 Å². The summed E-state index contributed by atoms with van der Waals surface area (Å²) in [7, 11) is 0. The second kappa shape index (κ2) is 3.00. The van der Waals surface area contributed by atoms with Gasteiger partial charge in [-0.15, -0.1) is 0 Å². The van der Waals surface area contributed by atoms with Gasteiger partial charge in [-0.3, -0.25) is 0 Å². The van der Waals surface area contributed by atoms with E-state index in [1.165, 1.54) is 24.8 Å². The molecule has 0 amide bonds. The minimum Gasteiger partial charge on any atom is -0.330 e. The lowest BCUT2D eigenvalue weighted by Crippen LogP contribution is -2.41. The molecule has 1 aromatic rings. The number of rotatable bonds is 3. The summed E-state index contributed by atoms with van der Waals surface area (Å²) in [5.41, 5.74) is 7.28. The topological polar surface area (TPSA) is 43.8 Å². The van der Waals surface area contributed by atoms with Gasteiger partial charge in [0.25, 0.3) is 0 Å². The van der Waals surface area contributed by atoms with E-state index < -0.39 is 0 Å². The molecule has 3 heteroatoms. The summed E-state index contributed by atoms with van der Waals surface area (Å²) in [6, 6.07) is 0. The van der Waals surface area contributed by atoms with Gasteiger partial charge in [0.05, 0.1) is 6.20 Å². The van der Waals surface area contributed by atoms with E-state index >= 15 is 0 Å². The van der Waals surface area contributed by atoms with Crippen LogP contribution in [0, 0.1) is 0 Å². The molecule has 2 rings (SSSR count). The molecule has 0 atom stereocenters. The van der Waals surface area contributed by atoms with Gasteiger partial charge in [-0.25, -0.2) is 4.68 Å². The molecule has 0 saturated heterocycles. The Bertz CT molecular complexity index is 304. The summed E-state index contributed by atoms with van der Waals surface area (Å²) in [5, 5.41) is 4.17. The fourth-order valence-electron chi connectivity index (χ4n) is 1.93. The average Bonchev–Trinajstić information content (AvgIpc) is 2.52. The molecule has 1 fully saturated rings. The molecule has 0 aromatic carbocycles. The van der Waals surface area contributed by atoms with Crippen molar-refractivity contribution in [3.63, 3.8) is 0 Å². The van der Waals surface area contributed by atoms with E-state index in [0.29, 0.717) is 0 Å². The molecule has 70 valence electrons. The van der Waals surface area contributed by atoms with Crippen molar-refractivity contribution in [2.24, 2.45) is 5.73 Å². The highest BCUT2D eigenvalue weighted by Gasteiger charge is 2.38. The minimum absolute atomic E-state index is 0.223. The Balaban J connectivity index is 2.27. The first-order chi connectivity index (χ1) is 6.30. The van der Waals surface area contributed by atoms with Crippen molar-refractivity contribution in [1.82, 2.24) is 9.78 Å². The highest BCUT2D eigenvalue weighted by atomic mass is 15.2. The van der Waals surface area contributed by atoms with Crippen LogP contribution in [0.2, 0.25) is 0 Å². The normalized spacial score (nSPS) is 19.5. The maximum absolute atomic E-state index is 5.79. The van der Waals surface area contributed by atoms with Crippen LogP contribution in [0.5, 0.6) is 0 Å². The summed E-state index contributed by atoms with van der Waals surface area (Å²) in [5.74, 6) is 0. The standard InChI is InChI=1S/C10H15N3/c1-2-13-7-9(6-12-13)10(8-11)4-3-5-10/h2,6-7H,1,3-5,8,11H2. The van der Waals surface area contributed by atoms with E-state index in [2.05, 4.69) is 11.7 Å². The highest BCUT2D eigenvalue weighted by Crippen LogP contribution is 2.42. The lowest BCUT2D eigenvalue weighted by atomic mass is 9.65. The molecular weight excluding hydrogens is 162 g/mol. The third-order valence-electron chi connectivity index (χ3n) is 3.10. The van der Waals surface area contributed by atoms with Crippen molar-refractivity contribution in [3.8, 4) is 0 Å². The molecule has 0 bridgehead atoms. The number of nitrogens with two attached hydrogens (primary N) is 1. The van der Waals surface area contributed by atoms with E-state index in [4.69, 9.17) is 5.73 Å². The number of nitrogens with zero attached hydrogens (tertiary/aromatic N) is 2. The summed E-state index contributed by atoms with van der Waals surface area (Å²) in [6.45, 7) is 4.40. The van der Waals surface area contributed by atoms with E-state index in [9.17, 15) is 0 Å². The van der Waals surface area contributed by atoms with Gasteiger partial charge in [-0.2, -0.15) is 5.10 Å². The first-order valence-corrected chi connectivity index (χ1v) is 4.68. The van der Waals surface area contributed by atoms with Crippen LogP contribution >= 0.6 is 0 Å². The Morgan fingerprint density at radius 1 is 1.69 bits per heavy atom. The zero-order valence-corrected chi connectivity index (χ0v) is 7.74.